The van der Waals surface area contributed by atoms with E-state index >= 15 is 0 Å². The van der Waals surface area contributed by atoms with Crippen LogP contribution in [0.2, 0.25) is 0 Å². The summed E-state index contributed by atoms with van der Waals surface area (Å²) in [7, 11) is 0. The van der Waals surface area contributed by atoms with E-state index in [4.69, 9.17) is 4.74 Å². The molecule has 0 spiro atoms. The second kappa shape index (κ2) is 19.3. The molecule has 0 aliphatic rings. The molecule has 1 heteroatoms. The lowest BCUT2D eigenvalue weighted by atomic mass is 9.89. The first kappa shape index (κ1) is 27.0. The highest BCUT2D eigenvalue weighted by Gasteiger charge is 2.08. The Kier molecular flexibility index (Phi) is 19.3. The molecule has 0 rings (SSSR count). The monoisotopic (exact) mass is 382 g/mol. The van der Waals surface area contributed by atoms with Crippen LogP contribution in [-0.4, -0.2) is 12.7 Å². The van der Waals surface area contributed by atoms with Gasteiger partial charge in [0.05, 0.1) is 6.10 Å². The zero-order valence-corrected chi connectivity index (χ0v) is 19.9. The van der Waals surface area contributed by atoms with E-state index in [-0.39, 0.29) is 0 Å². The molecule has 0 amide bonds. The van der Waals surface area contributed by atoms with Gasteiger partial charge in [0.2, 0.25) is 0 Å². The molecule has 0 bridgehead atoms. The summed E-state index contributed by atoms with van der Waals surface area (Å²) in [6, 6.07) is 0. The number of hydrogen-bond acceptors (Lipinski definition) is 1. The van der Waals surface area contributed by atoms with E-state index in [0.29, 0.717) is 11.5 Å². The van der Waals surface area contributed by atoms with Gasteiger partial charge in [0.25, 0.3) is 0 Å². The Morgan fingerprint density at radius 2 is 1.04 bits per heavy atom. The van der Waals surface area contributed by atoms with Gasteiger partial charge in [-0.05, 0) is 31.6 Å². The predicted molar refractivity (Wildman–Crippen MR) is 124 cm³/mol. The summed E-state index contributed by atoms with van der Waals surface area (Å²) in [5.74, 6) is 0. The number of ether oxygens (including phenoxy) is 1. The molecule has 1 atom stereocenters. The van der Waals surface area contributed by atoms with Crippen LogP contribution in [0.25, 0.3) is 0 Å². The maximum absolute atomic E-state index is 5.99. The van der Waals surface area contributed by atoms with E-state index < -0.39 is 0 Å². The summed E-state index contributed by atoms with van der Waals surface area (Å²) in [5.41, 5.74) is 0.522. The lowest BCUT2D eigenvalue weighted by molar-refractivity contribution is 0.0557. The molecule has 1 unspecified atom stereocenters. The lowest BCUT2D eigenvalue weighted by Gasteiger charge is -2.17. The molecular formula is C26H54O. The third-order valence-electron chi connectivity index (χ3n) is 5.69. The van der Waals surface area contributed by atoms with Crippen LogP contribution in [0.5, 0.6) is 0 Å². The Bertz CT molecular complexity index is 278. The van der Waals surface area contributed by atoms with Gasteiger partial charge < -0.3 is 4.74 Å². The van der Waals surface area contributed by atoms with E-state index in [1.165, 1.54) is 116 Å². The van der Waals surface area contributed by atoms with Crippen LogP contribution >= 0.6 is 0 Å². The van der Waals surface area contributed by atoms with Crippen molar-refractivity contribution in [1.82, 2.24) is 0 Å². The van der Waals surface area contributed by atoms with E-state index in [1.54, 1.807) is 0 Å². The maximum atomic E-state index is 5.99. The van der Waals surface area contributed by atoms with Gasteiger partial charge in [-0.1, -0.05) is 124 Å². The summed E-state index contributed by atoms with van der Waals surface area (Å²) in [4.78, 5) is 0. The molecule has 27 heavy (non-hydrogen) atoms. The first-order valence-corrected chi connectivity index (χ1v) is 12.6. The average Bonchev–Trinajstić information content (AvgIpc) is 2.61. The van der Waals surface area contributed by atoms with Gasteiger partial charge in [-0.2, -0.15) is 0 Å². The largest absolute Gasteiger partial charge is 0.379 e. The van der Waals surface area contributed by atoms with Crippen molar-refractivity contribution in [3.05, 3.63) is 0 Å². The van der Waals surface area contributed by atoms with Crippen molar-refractivity contribution < 1.29 is 4.74 Å². The highest BCUT2D eigenvalue weighted by Crippen LogP contribution is 2.22. The zero-order valence-electron chi connectivity index (χ0n) is 19.9. The third-order valence-corrected chi connectivity index (χ3v) is 5.69. The number of unbranched alkanes of at least 4 members (excludes halogenated alkanes) is 14. The van der Waals surface area contributed by atoms with Gasteiger partial charge in [-0.15, -0.1) is 0 Å². The summed E-state index contributed by atoms with van der Waals surface area (Å²) >= 11 is 0. The van der Waals surface area contributed by atoms with Crippen molar-refractivity contribution in [2.75, 3.05) is 6.61 Å². The van der Waals surface area contributed by atoms with Gasteiger partial charge in [0.1, 0.15) is 0 Å². The first-order chi connectivity index (χ1) is 13.0. The van der Waals surface area contributed by atoms with Crippen molar-refractivity contribution >= 4 is 0 Å². The number of rotatable bonds is 20. The molecule has 0 aromatic carbocycles. The molecule has 0 saturated carbocycles. The zero-order chi connectivity index (χ0) is 20.2. The summed E-state index contributed by atoms with van der Waals surface area (Å²) in [5, 5.41) is 0. The van der Waals surface area contributed by atoms with Gasteiger partial charge in [0, 0.05) is 6.61 Å². The fourth-order valence-corrected chi connectivity index (χ4v) is 3.75. The van der Waals surface area contributed by atoms with Crippen LogP contribution in [0.1, 0.15) is 150 Å². The van der Waals surface area contributed by atoms with Crippen LogP contribution < -0.4 is 0 Å². The normalized spacial score (nSPS) is 13.2. The number of hydrogen-bond donors (Lipinski definition) is 0. The Morgan fingerprint density at radius 3 is 1.56 bits per heavy atom. The van der Waals surface area contributed by atoms with Crippen molar-refractivity contribution in [2.24, 2.45) is 5.41 Å². The van der Waals surface area contributed by atoms with Crippen molar-refractivity contribution in [3.63, 3.8) is 0 Å². The van der Waals surface area contributed by atoms with Crippen LogP contribution in [0.4, 0.5) is 0 Å². The van der Waals surface area contributed by atoms with E-state index in [9.17, 15) is 0 Å². The highest BCUT2D eigenvalue weighted by molar-refractivity contribution is 4.61. The van der Waals surface area contributed by atoms with Crippen molar-refractivity contribution in [1.29, 1.82) is 0 Å². The molecule has 0 N–H and O–H groups in total. The van der Waals surface area contributed by atoms with E-state index in [2.05, 4.69) is 34.6 Å². The molecule has 0 saturated heterocycles. The minimum atomic E-state index is 0.466. The summed E-state index contributed by atoms with van der Waals surface area (Å²) < 4.78 is 5.99. The molecule has 0 aliphatic carbocycles. The molecule has 0 aromatic rings. The van der Waals surface area contributed by atoms with Gasteiger partial charge in [-0.25, -0.2) is 0 Å². The molecule has 0 heterocycles. The first-order valence-electron chi connectivity index (χ1n) is 12.6. The van der Waals surface area contributed by atoms with Crippen LogP contribution in [0, 0.1) is 5.41 Å². The Hall–Kier alpha value is -0.0400. The summed E-state index contributed by atoms with van der Waals surface area (Å²) in [6.07, 6.45) is 25.5. The quantitative estimate of drug-likeness (QED) is 0.190. The van der Waals surface area contributed by atoms with Crippen molar-refractivity contribution in [2.45, 2.75) is 156 Å². The topological polar surface area (TPSA) is 9.23 Å². The fraction of sp³-hybridized carbons (Fsp3) is 1.00. The minimum absolute atomic E-state index is 0.466. The molecule has 164 valence electrons. The van der Waals surface area contributed by atoms with E-state index in [0.717, 1.165) is 6.61 Å². The second-order valence-corrected chi connectivity index (χ2v) is 10.1. The maximum Gasteiger partial charge on any atom is 0.0547 e. The van der Waals surface area contributed by atoms with Gasteiger partial charge in [0.15, 0.2) is 0 Å². The standard InChI is InChI=1S/C26H54O/c1-6-7-8-9-13-16-19-22-25(2)27-24-21-18-15-12-10-11-14-17-20-23-26(3,4)5/h25H,6-24H2,1-5H3. The SMILES string of the molecule is CCCCCCCCCC(C)OCCCCCCCCCCCC(C)(C)C. The van der Waals surface area contributed by atoms with Gasteiger partial charge in [-0.3, -0.25) is 0 Å². The Labute approximate surface area is 173 Å². The third kappa shape index (κ3) is 23.9. The van der Waals surface area contributed by atoms with Crippen LogP contribution in [-0.2, 0) is 4.74 Å². The Morgan fingerprint density at radius 1 is 0.593 bits per heavy atom. The summed E-state index contributed by atoms with van der Waals surface area (Å²) in [6.45, 7) is 12.6. The molecule has 0 aliphatic heterocycles. The van der Waals surface area contributed by atoms with Gasteiger partial charge >= 0.3 is 0 Å². The molecule has 1 nitrogen and oxygen atoms in total. The van der Waals surface area contributed by atoms with Crippen LogP contribution in [0.3, 0.4) is 0 Å². The van der Waals surface area contributed by atoms with Crippen molar-refractivity contribution in [3.8, 4) is 0 Å². The van der Waals surface area contributed by atoms with Crippen LogP contribution in [0.15, 0.2) is 0 Å². The highest BCUT2D eigenvalue weighted by atomic mass is 16.5. The molecular weight excluding hydrogens is 328 g/mol. The smallest absolute Gasteiger partial charge is 0.0547 e. The lowest BCUT2D eigenvalue weighted by Crippen LogP contribution is -2.09. The van der Waals surface area contributed by atoms with E-state index in [1.807, 2.05) is 0 Å². The molecule has 0 aromatic heterocycles. The minimum Gasteiger partial charge on any atom is -0.379 e. The predicted octanol–water partition coefficient (Wildman–Crippen LogP) is 9.48. The molecule has 0 radical (unpaired) electrons. The average molecular weight is 383 g/mol. The second-order valence-electron chi connectivity index (χ2n) is 10.1. The fourth-order valence-electron chi connectivity index (χ4n) is 3.75. The Balaban J connectivity index is 3.17. The molecule has 0 fully saturated rings.